The van der Waals surface area contributed by atoms with Crippen molar-refractivity contribution in [3.63, 3.8) is 0 Å². The SMILES string of the molecule is O=C(c1ccc2ccccc2n1)N1CCN(C2CC(c3cccnc3)NN2)CC1. The number of hydrazine groups is 1. The molecule has 2 saturated heterocycles. The molecule has 2 aromatic heterocycles. The number of para-hydroxylation sites is 1. The molecule has 2 N–H and O–H groups in total. The van der Waals surface area contributed by atoms with Crippen molar-refractivity contribution in [2.24, 2.45) is 0 Å². The van der Waals surface area contributed by atoms with Gasteiger partial charge < -0.3 is 4.90 Å². The van der Waals surface area contributed by atoms with Crippen LogP contribution in [0, 0.1) is 0 Å². The fourth-order valence-corrected chi connectivity index (χ4v) is 4.16. The van der Waals surface area contributed by atoms with E-state index in [1.807, 2.05) is 53.6 Å². The highest BCUT2D eigenvalue weighted by Gasteiger charge is 2.32. The van der Waals surface area contributed by atoms with E-state index in [2.05, 4.69) is 31.8 Å². The number of fused-ring (bicyclic) bond motifs is 1. The third kappa shape index (κ3) is 3.72. The number of benzene rings is 1. The molecule has 2 aliphatic heterocycles. The fraction of sp³-hybridized carbons (Fsp3) is 0.318. The van der Waals surface area contributed by atoms with Crippen molar-refractivity contribution in [3.05, 3.63) is 72.2 Å². The molecule has 0 radical (unpaired) electrons. The Labute approximate surface area is 169 Å². The Hall–Kier alpha value is -2.87. The molecule has 0 bridgehead atoms. The second-order valence-corrected chi connectivity index (χ2v) is 7.60. The molecule has 1 aromatic carbocycles. The third-order valence-electron chi connectivity index (χ3n) is 5.83. The molecule has 2 fully saturated rings. The zero-order valence-corrected chi connectivity index (χ0v) is 16.2. The predicted molar refractivity (Wildman–Crippen MR) is 111 cm³/mol. The van der Waals surface area contributed by atoms with Crippen molar-refractivity contribution >= 4 is 16.8 Å². The number of carbonyl (C=O) groups is 1. The zero-order chi connectivity index (χ0) is 19.6. The normalized spacial score (nSPS) is 22.8. The first-order valence-corrected chi connectivity index (χ1v) is 10.1. The minimum Gasteiger partial charge on any atom is -0.335 e. The maximum atomic E-state index is 12.9. The molecule has 2 aliphatic rings. The first-order chi connectivity index (χ1) is 14.3. The van der Waals surface area contributed by atoms with E-state index in [0.29, 0.717) is 18.8 Å². The van der Waals surface area contributed by atoms with Gasteiger partial charge in [-0.05, 0) is 30.2 Å². The fourth-order valence-electron chi connectivity index (χ4n) is 4.16. The topological polar surface area (TPSA) is 73.4 Å². The molecule has 148 valence electrons. The van der Waals surface area contributed by atoms with Gasteiger partial charge in [0.15, 0.2) is 0 Å². The van der Waals surface area contributed by atoms with Crippen molar-refractivity contribution in [1.82, 2.24) is 30.6 Å². The Balaban J connectivity index is 1.19. The quantitative estimate of drug-likeness (QED) is 0.715. The van der Waals surface area contributed by atoms with Crippen LogP contribution in [0.4, 0.5) is 0 Å². The Bertz CT molecular complexity index is 1000. The van der Waals surface area contributed by atoms with E-state index >= 15 is 0 Å². The largest absolute Gasteiger partial charge is 0.335 e. The van der Waals surface area contributed by atoms with Gasteiger partial charge in [-0.3, -0.25) is 14.7 Å². The summed E-state index contributed by atoms with van der Waals surface area (Å²) in [5, 5.41) is 1.05. The number of aromatic nitrogens is 2. The van der Waals surface area contributed by atoms with Crippen molar-refractivity contribution in [2.75, 3.05) is 26.2 Å². The van der Waals surface area contributed by atoms with Gasteiger partial charge in [-0.1, -0.05) is 30.3 Å². The van der Waals surface area contributed by atoms with Crippen molar-refractivity contribution in [3.8, 4) is 0 Å². The van der Waals surface area contributed by atoms with Gasteiger partial charge in [-0.15, -0.1) is 0 Å². The summed E-state index contributed by atoms with van der Waals surface area (Å²) in [6.07, 6.45) is 4.95. The third-order valence-corrected chi connectivity index (χ3v) is 5.83. The number of hydrogen-bond donors (Lipinski definition) is 2. The van der Waals surface area contributed by atoms with Gasteiger partial charge >= 0.3 is 0 Å². The van der Waals surface area contributed by atoms with Crippen LogP contribution in [0.25, 0.3) is 10.9 Å². The Kier molecular flexibility index (Phi) is 4.93. The lowest BCUT2D eigenvalue weighted by Crippen LogP contribution is -2.55. The summed E-state index contributed by atoms with van der Waals surface area (Å²) in [7, 11) is 0. The summed E-state index contributed by atoms with van der Waals surface area (Å²) in [5.74, 6) is 0.0149. The van der Waals surface area contributed by atoms with Crippen LogP contribution in [0.1, 0.15) is 28.5 Å². The summed E-state index contributed by atoms with van der Waals surface area (Å²) < 4.78 is 0. The second kappa shape index (κ2) is 7.87. The molecule has 0 aliphatic carbocycles. The Morgan fingerprint density at radius 3 is 2.66 bits per heavy atom. The van der Waals surface area contributed by atoms with Crippen LogP contribution in [0.3, 0.4) is 0 Å². The van der Waals surface area contributed by atoms with Crippen molar-refractivity contribution < 1.29 is 4.79 Å². The van der Waals surface area contributed by atoms with Crippen LogP contribution in [0.2, 0.25) is 0 Å². The molecule has 2 unspecified atom stereocenters. The van der Waals surface area contributed by atoms with Gasteiger partial charge in [-0.25, -0.2) is 15.8 Å². The lowest BCUT2D eigenvalue weighted by atomic mass is 10.1. The van der Waals surface area contributed by atoms with Gasteiger partial charge in [0.1, 0.15) is 5.69 Å². The number of carbonyl (C=O) groups excluding carboxylic acids is 1. The first-order valence-electron chi connectivity index (χ1n) is 10.1. The molecular weight excluding hydrogens is 364 g/mol. The molecule has 29 heavy (non-hydrogen) atoms. The summed E-state index contributed by atoms with van der Waals surface area (Å²) in [6.45, 7) is 3.11. The molecule has 4 heterocycles. The van der Waals surface area contributed by atoms with E-state index in [9.17, 15) is 4.79 Å². The van der Waals surface area contributed by atoms with Crippen LogP contribution in [0.15, 0.2) is 60.9 Å². The number of amides is 1. The van der Waals surface area contributed by atoms with Gasteiger partial charge in [0.2, 0.25) is 0 Å². The van der Waals surface area contributed by atoms with Crippen LogP contribution >= 0.6 is 0 Å². The summed E-state index contributed by atoms with van der Waals surface area (Å²) in [6, 6.07) is 16.0. The van der Waals surface area contributed by atoms with Crippen molar-refractivity contribution in [2.45, 2.75) is 18.6 Å². The maximum absolute atomic E-state index is 12.9. The summed E-state index contributed by atoms with van der Waals surface area (Å²) in [4.78, 5) is 26.0. The van der Waals surface area contributed by atoms with Gasteiger partial charge in [0.25, 0.3) is 5.91 Å². The summed E-state index contributed by atoms with van der Waals surface area (Å²) in [5.41, 5.74) is 9.35. The Morgan fingerprint density at radius 1 is 0.966 bits per heavy atom. The molecule has 0 saturated carbocycles. The molecular formula is C22H24N6O. The molecule has 0 spiro atoms. The minimum absolute atomic E-state index is 0.0149. The number of hydrogen-bond acceptors (Lipinski definition) is 6. The van der Waals surface area contributed by atoms with E-state index in [0.717, 1.165) is 30.4 Å². The predicted octanol–water partition coefficient (Wildman–Crippen LogP) is 1.95. The maximum Gasteiger partial charge on any atom is 0.272 e. The Morgan fingerprint density at radius 2 is 1.83 bits per heavy atom. The lowest BCUT2D eigenvalue weighted by Gasteiger charge is -2.37. The molecule has 7 nitrogen and oxygen atoms in total. The van der Waals surface area contributed by atoms with E-state index in [4.69, 9.17) is 0 Å². The van der Waals surface area contributed by atoms with Crippen molar-refractivity contribution in [1.29, 1.82) is 0 Å². The van der Waals surface area contributed by atoms with E-state index in [1.54, 1.807) is 6.20 Å². The molecule has 2 atom stereocenters. The number of nitrogens with zero attached hydrogens (tertiary/aromatic N) is 4. The number of pyridine rings is 2. The highest BCUT2D eigenvalue weighted by Crippen LogP contribution is 2.24. The van der Waals surface area contributed by atoms with Gasteiger partial charge in [0, 0.05) is 44.0 Å². The number of rotatable bonds is 3. The monoisotopic (exact) mass is 388 g/mol. The van der Waals surface area contributed by atoms with Crippen LogP contribution in [-0.4, -0.2) is 58.0 Å². The summed E-state index contributed by atoms with van der Waals surface area (Å²) >= 11 is 0. The standard InChI is InChI=1S/C22H24N6O/c29-22(19-8-7-16-4-1-2-6-18(16)24-19)28-12-10-27(11-13-28)21-14-20(25-26-21)17-5-3-9-23-15-17/h1-9,15,20-21,25-26H,10-14H2. The van der Waals surface area contributed by atoms with Crippen LogP contribution in [0.5, 0.6) is 0 Å². The average Bonchev–Trinajstić information content (AvgIpc) is 3.29. The molecule has 3 aromatic rings. The molecule has 1 amide bonds. The lowest BCUT2D eigenvalue weighted by molar-refractivity contribution is 0.0540. The first kappa shape index (κ1) is 18.2. The number of piperazine rings is 1. The van der Waals surface area contributed by atoms with E-state index < -0.39 is 0 Å². The molecule has 7 heteroatoms. The number of nitrogens with one attached hydrogen (secondary N) is 2. The highest BCUT2D eigenvalue weighted by molar-refractivity contribution is 5.95. The van der Waals surface area contributed by atoms with Gasteiger partial charge in [0.05, 0.1) is 17.7 Å². The average molecular weight is 388 g/mol. The smallest absolute Gasteiger partial charge is 0.272 e. The van der Waals surface area contributed by atoms with E-state index in [-0.39, 0.29) is 18.1 Å². The van der Waals surface area contributed by atoms with E-state index in [1.165, 1.54) is 5.56 Å². The highest BCUT2D eigenvalue weighted by atomic mass is 16.2. The van der Waals surface area contributed by atoms with Crippen LogP contribution < -0.4 is 10.9 Å². The second-order valence-electron chi connectivity index (χ2n) is 7.60. The zero-order valence-electron chi connectivity index (χ0n) is 16.2. The minimum atomic E-state index is 0.0149. The molecule has 5 rings (SSSR count). The van der Waals surface area contributed by atoms with Crippen LogP contribution in [-0.2, 0) is 0 Å². The van der Waals surface area contributed by atoms with Gasteiger partial charge in [-0.2, -0.15) is 0 Å².